The molecule has 0 aliphatic carbocycles. The normalized spacial score (nSPS) is 23.0. The summed E-state index contributed by atoms with van der Waals surface area (Å²) in [6.07, 6.45) is 2.56. The van der Waals surface area contributed by atoms with Crippen molar-refractivity contribution in [3.8, 4) is 0 Å². The lowest BCUT2D eigenvalue weighted by molar-refractivity contribution is 0.361. The van der Waals surface area contributed by atoms with Gasteiger partial charge >= 0.3 is 0 Å². The van der Waals surface area contributed by atoms with Crippen LogP contribution in [0.3, 0.4) is 0 Å². The van der Waals surface area contributed by atoms with Crippen molar-refractivity contribution in [2.45, 2.75) is 31.8 Å². The molecule has 1 aromatic carbocycles. The second-order valence-corrected chi connectivity index (χ2v) is 5.31. The molecule has 2 nitrogen and oxygen atoms in total. The van der Waals surface area contributed by atoms with Crippen molar-refractivity contribution in [1.82, 2.24) is 10.6 Å². The van der Waals surface area contributed by atoms with Crippen LogP contribution in [0.25, 0.3) is 0 Å². The molecule has 0 aromatic heterocycles. The Bertz CT molecular complexity index is 334. The van der Waals surface area contributed by atoms with Crippen LogP contribution in [-0.2, 0) is 0 Å². The Morgan fingerprint density at radius 1 is 1.44 bits per heavy atom. The van der Waals surface area contributed by atoms with E-state index in [1.54, 1.807) is 0 Å². The largest absolute Gasteiger partial charge is 0.315 e. The van der Waals surface area contributed by atoms with Crippen molar-refractivity contribution < 1.29 is 0 Å². The third kappa shape index (κ3) is 3.06. The van der Waals surface area contributed by atoms with Gasteiger partial charge in [0.05, 0.1) is 0 Å². The van der Waals surface area contributed by atoms with Gasteiger partial charge in [0.2, 0.25) is 0 Å². The Morgan fingerprint density at radius 2 is 2.25 bits per heavy atom. The maximum absolute atomic E-state index is 3.68. The lowest BCUT2D eigenvalue weighted by Gasteiger charge is -2.27. The minimum atomic E-state index is 0.403. The average Bonchev–Trinajstić information content (AvgIpc) is 2.31. The molecular formula is C13H19BrN2. The summed E-state index contributed by atoms with van der Waals surface area (Å²) in [7, 11) is 0. The highest BCUT2D eigenvalue weighted by Crippen LogP contribution is 2.23. The molecule has 0 saturated carbocycles. The number of hydrogen-bond acceptors (Lipinski definition) is 2. The van der Waals surface area contributed by atoms with E-state index in [2.05, 4.69) is 57.8 Å². The van der Waals surface area contributed by atoms with Gasteiger partial charge in [-0.2, -0.15) is 0 Å². The number of nitrogens with one attached hydrogen (secondary N) is 2. The Balaban J connectivity index is 1.96. The van der Waals surface area contributed by atoms with E-state index in [9.17, 15) is 0 Å². The Labute approximate surface area is 106 Å². The monoisotopic (exact) mass is 282 g/mol. The van der Waals surface area contributed by atoms with Crippen LogP contribution in [0.4, 0.5) is 0 Å². The summed E-state index contributed by atoms with van der Waals surface area (Å²) in [5.41, 5.74) is 1.34. The molecule has 88 valence electrons. The van der Waals surface area contributed by atoms with Crippen molar-refractivity contribution in [2.24, 2.45) is 0 Å². The van der Waals surface area contributed by atoms with Gasteiger partial charge < -0.3 is 10.6 Å². The predicted octanol–water partition coefficient (Wildman–Crippen LogP) is 2.85. The molecule has 2 N–H and O–H groups in total. The molecule has 1 aliphatic rings. The molecule has 1 saturated heterocycles. The van der Waals surface area contributed by atoms with E-state index in [4.69, 9.17) is 0 Å². The highest BCUT2D eigenvalue weighted by Gasteiger charge is 2.16. The first-order valence-corrected chi connectivity index (χ1v) is 6.78. The van der Waals surface area contributed by atoms with Gasteiger partial charge in [0, 0.05) is 23.1 Å². The van der Waals surface area contributed by atoms with E-state index in [1.807, 2.05) is 0 Å². The molecular weight excluding hydrogens is 264 g/mol. The van der Waals surface area contributed by atoms with Gasteiger partial charge in [-0.25, -0.2) is 0 Å². The zero-order valence-corrected chi connectivity index (χ0v) is 11.3. The summed E-state index contributed by atoms with van der Waals surface area (Å²) in [6, 6.07) is 9.45. The molecule has 16 heavy (non-hydrogen) atoms. The van der Waals surface area contributed by atoms with Gasteiger partial charge in [0.15, 0.2) is 0 Å². The van der Waals surface area contributed by atoms with E-state index in [0.29, 0.717) is 12.1 Å². The predicted molar refractivity (Wildman–Crippen MR) is 71.6 cm³/mol. The lowest BCUT2D eigenvalue weighted by atomic mass is 10.0. The number of rotatable bonds is 3. The molecule has 0 spiro atoms. The summed E-state index contributed by atoms with van der Waals surface area (Å²) in [6.45, 7) is 4.49. The van der Waals surface area contributed by atoms with E-state index in [0.717, 1.165) is 6.54 Å². The summed E-state index contributed by atoms with van der Waals surface area (Å²) in [5.74, 6) is 0. The van der Waals surface area contributed by atoms with Crippen LogP contribution >= 0.6 is 15.9 Å². The number of hydrogen-bond donors (Lipinski definition) is 2. The van der Waals surface area contributed by atoms with E-state index in [-0.39, 0.29) is 0 Å². The summed E-state index contributed by atoms with van der Waals surface area (Å²) in [5, 5.41) is 7.12. The summed E-state index contributed by atoms with van der Waals surface area (Å²) in [4.78, 5) is 0. The zero-order valence-electron chi connectivity index (χ0n) is 9.67. The fraction of sp³-hybridized carbons (Fsp3) is 0.538. The van der Waals surface area contributed by atoms with Gasteiger partial charge in [-0.05, 0) is 37.9 Å². The highest BCUT2D eigenvalue weighted by molar-refractivity contribution is 9.10. The first kappa shape index (κ1) is 12.1. The summed E-state index contributed by atoms with van der Waals surface area (Å²) < 4.78 is 1.19. The zero-order chi connectivity index (χ0) is 11.4. The van der Waals surface area contributed by atoms with Crippen LogP contribution in [0.1, 0.15) is 31.4 Å². The third-order valence-corrected chi connectivity index (χ3v) is 3.88. The SMILES string of the molecule is C[C@H](NC1CCCNC1)c1ccccc1Br. The van der Waals surface area contributed by atoms with Gasteiger partial charge in [0.1, 0.15) is 0 Å². The maximum Gasteiger partial charge on any atom is 0.0306 e. The molecule has 0 radical (unpaired) electrons. The van der Waals surface area contributed by atoms with Gasteiger partial charge in [-0.1, -0.05) is 34.1 Å². The van der Waals surface area contributed by atoms with Crippen LogP contribution in [0.15, 0.2) is 28.7 Å². The van der Waals surface area contributed by atoms with E-state index < -0.39 is 0 Å². The second-order valence-electron chi connectivity index (χ2n) is 4.45. The first-order chi connectivity index (χ1) is 7.77. The fourth-order valence-electron chi connectivity index (χ4n) is 2.26. The minimum Gasteiger partial charge on any atom is -0.315 e. The van der Waals surface area contributed by atoms with E-state index in [1.165, 1.54) is 29.4 Å². The van der Waals surface area contributed by atoms with Crippen molar-refractivity contribution >= 4 is 15.9 Å². The Kier molecular flexibility index (Phi) is 4.38. The van der Waals surface area contributed by atoms with Crippen LogP contribution in [0, 0.1) is 0 Å². The average molecular weight is 283 g/mol. The van der Waals surface area contributed by atoms with Gasteiger partial charge in [-0.15, -0.1) is 0 Å². The Morgan fingerprint density at radius 3 is 2.94 bits per heavy atom. The van der Waals surface area contributed by atoms with Crippen molar-refractivity contribution in [3.63, 3.8) is 0 Å². The molecule has 3 heteroatoms. The molecule has 1 aromatic rings. The van der Waals surface area contributed by atoms with Crippen molar-refractivity contribution in [3.05, 3.63) is 34.3 Å². The number of piperidine rings is 1. The number of halogens is 1. The topological polar surface area (TPSA) is 24.1 Å². The molecule has 2 atom stereocenters. The molecule has 1 aliphatic heterocycles. The quantitative estimate of drug-likeness (QED) is 0.891. The molecule has 1 unspecified atom stereocenters. The molecule has 2 rings (SSSR count). The lowest BCUT2D eigenvalue weighted by Crippen LogP contribution is -2.44. The minimum absolute atomic E-state index is 0.403. The third-order valence-electron chi connectivity index (χ3n) is 3.15. The summed E-state index contributed by atoms with van der Waals surface area (Å²) >= 11 is 3.61. The van der Waals surface area contributed by atoms with Crippen LogP contribution in [0.2, 0.25) is 0 Å². The van der Waals surface area contributed by atoms with E-state index >= 15 is 0 Å². The van der Waals surface area contributed by atoms with Gasteiger partial charge in [0.25, 0.3) is 0 Å². The smallest absolute Gasteiger partial charge is 0.0306 e. The van der Waals surface area contributed by atoms with Crippen LogP contribution in [0.5, 0.6) is 0 Å². The molecule has 0 amide bonds. The van der Waals surface area contributed by atoms with Gasteiger partial charge in [-0.3, -0.25) is 0 Å². The molecule has 1 fully saturated rings. The Hall–Kier alpha value is -0.380. The number of benzene rings is 1. The molecule has 0 bridgehead atoms. The van der Waals surface area contributed by atoms with Crippen molar-refractivity contribution in [1.29, 1.82) is 0 Å². The van der Waals surface area contributed by atoms with Crippen LogP contribution < -0.4 is 10.6 Å². The standard InChI is InChI=1S/C13H19BrN2/c1-10(12-6-2-3-7-13(12)14)16-11-5-4-8-15-9-11/h2-3,6-7,10-11,15-16H,4-5,8-9H2,1H3/t10-,11?/m0/s1. The highest BCUT2D eigenvalue weighted by atomic mass is 79.9. The fourth-order valence-corrected chi connectivity index (χ4v) is 2.89. The van der Waals surface area contributed by atoms with Crippen LogP contribution in [-0.4, -0.2) is 19.1 Å². The molecule has 1 heterocycles. The first-order valence-electron chi connectivity index (χ1n) is 5.98. The maximum atomic E-state index is 3.68. The second kappa shape index (κ2) is 5.80. The van der Waals surface area contributed by atoms with Crippen molar-refractivity contribution in [2.75, 3.05) is 13.1 Å².